The van der Waals surface area contributed by atoms with Gasteiger partial charge in [0, 0.05) is 17.0 Å². The molecule has 1 aromatic heterocycles. The summed E-state index contributed by atoms with van der Waals surface area (Å²) < 4.78 is 14.8. The molecule has 6 nitrogen and oxygen atoms in total. The maximum atomic E-state index is 13.4. The van der Waals surface area contributed by atoms with E-state index in [1.807, 2.05) is 0 Å². The smallest absolute Gasteiger partial charge is 0.267 e. The Labute approximate surface area is 171 Å². The predicted molar refractivity (Wildman–Crippen MR) is 108 cm³/mol. The largest absolute Gasteiger partial charge is 0.297 e. The molecule has 1 aliphatic heterocycles. The van der Waals surface area contributed by atoms with Crippen LogP contribution in [0.25, 0.3) is 11.3 Å². The second-order valence-corrected chi connectivity index (χ2v) is 7.69. The van der Waals surface area contributed by atoms with E-state index >= 15 is 0 Å². The van der Waals surface area contributed by atoms with Gasteiger partial charge in [-0.1, -0.05) is 12.1 Å². The molecule has 0 atom stereocenters. The molecule has 1 saturated carbocycles. The summed E-state index contributed by atoms with van der Waals surface area (Å²) in [5.41, 5.74) is 2.38. The first-order valence-corrected chi connectivity index (χ1v) is 9.79. The van der Waals surface area contributed by atoms with Crippen molar-refractivity contribution in [3.05, 3.63) is 71.0 Å². The molecule has 0 saturated heterocycles. The third-order valence-electron chi connectivity index (χ3n) is 5.62. The highest BCUT2D eigenvalue weighted by Gasteiger charge is 2.40. The van der Waals surface area contributed by atoms with E-state index in [0.717, 1.165) is 17.7 Å². The summed E-state index contributed by atoms with van der Waals surface area (Å²) in [6, 6.07) is 12.5. The van der Waals surface area contributed by atoms with E-state index in [1.165, 1.54) is 16.8 Å². The topological polar surface area (TPSA) is 72.3 Å². The Morgan fingerprint density at radius 2 is 1.63 bits per heavy atom. The normalized spacial score (nSPS) is 15.6. The zero-order valence-electron chi connectivity index (χ0n) is 16.3. The number of hydrogen-bond donors (Lipinski definition) is 0. The quantitative estimate of drug-likeness (QED) is 0.608. The maximum absolute atomic E-state index is 13.4. The average molecular weight is 403 g/mol. The molecule has 1 fully saturated rings. The number of hydrogen-bond acceptors (Lipinski definition) is 4. The van der Waals surface area contributed by atoms with Crippen molar-refractivity contribution in [2.75, 3.05) is 4.90 Å². The Hall–Kier alpha value is -3.61. The van der Waals surface area contributed by atoms with Crippen molar-refractivity contribution in [2.45, 2.75) is 26.3 Å². The SMILES string of the molecule is Cc1c(-c2ccc(F)cc2)nn(CC(=O)C2CC2)c1N1C(=O)c2ccccc2C1=O. The van der Waals surface area contributed by atoms with Crippen molar-refractivity contribution < 1.29 is 18.8 Å². The minimum atomic E-state index is -0.440. The lowest BCUT2D eigenvalue weighted by atomic mass is 10.1. The van der Waals surface area contributed by atoms with Gasteiger partial charge >= 0.3 is 0 Å². The molecule has 7 heteroatoms. The number of Topliss-reactive ketones (excluding diaryl/α,β-unsaturated/α-hetero) is 1. The number of amides is 2. The van der Waals surface area contributed by atoms with Crippen molar-refractivity contribution >= 4 is 23.4 Å². The minimum absolute atomic E-state index is 0.0128. The van der Waals surface area contributed by atoms with Crippen LogP contribution in [0.5, 0.6) is 0 Å². The molecular formula is C23H18FN3O3. The van der Waals surface area contributed by atoms with Crippen LogP contribution in [0.1, 0.15) is 39.1 Å². The molecule has 5 rings (SSSR count). The summed E-state index contributed by atoms with van der Waals surface area (Å²) in [4.78, 5) is 39.8. The molecule has 0 unspecified atom stereocenters. The van der Waals surface area contributed by atoms with E-state index in [4.69, 9.17) is 0 Å². The van der Waals surface area contributed by atoms with Gasteiger partial charge in [0.1, 0.15) is 18.2 Å². The van der Waals surface area contributed by atoms with Crippen LogP contribution in [0.3, 0.4) is 0 Å². The molecule has 1 aliphatic carbocycles. The van der Waals surface area contributed by atoms with Crippen molar-refractivity contribution in [3.8, 4) is 11.3 Å². The molecule has 0 N–H and O–H groups in total. The Morgan fingerprint density at radius 3 is 2.20 bits per heavy atom. The van der Waals surface area contributed by atoms with Gasteiger partial charge in [-0.15, -0.1) is 0 Å². The molecule has 2 heterocycles. The van der Waals surface area contributed by atoms with Gasteiger partial charge in [0.15, 0.2) is 5.78 Å². The summed E-state index contributed by atoms with van der Waals surface area (Å²) in [6.45, 7) is 1.73. The number of aromatic nitrogens is 2. The van der Waals surface area contributed by atoms with Gasteiger partial charge in [0.2, 0.25) is 0 Å². The van der Waals surface area contributed by atoms with Gasteiger partial charge in [-0.25, -0.2) is 14.0 Å². The van der Waals surface area contributed by atoms with Crippen LogP contribution in [-0.4, -0.2) is 27.4 Å². The van der Waals surface area contributed by atoms with Crippen LogP contribution in [-0.2, 0) is 11.3 Å². The molecule has 2 aromatic carbocycles. The van der Waals surface area contributed by atoms with Crippen LogP contribution in [0.15, 0.2) is 48.5 Å². The Balaban J connectivity index is 1.64. The van der Waals surface area contributed by atoms with Gasteiger partial charge in [0.25, 0.3) is 11.8 Å². The summed E-state index contributed by atoms with van der Waals surface area (Å²) >= 11 is 0. The Bertz CT molecular complexity index is 1170. The number of imide groups is 1. The van der Waals surface area contributed by atoms with Crippen LogP contribution >= 0.6 is 0 Å². The van der Waals surface area contributed by atoms with Crippen LogP contribution in [0.4, 0.5) is 10.2 Å². The lowest BCUT2D eigenvalue weighted by Crippen LogP contribution is -2.33. The minimum Gasteiger partial charge on any atom is -0.297 e. The lowest BCUT2D eigenvalue weighted by Gasteiger charge is -2.17. The highest BCUT2D eigenvalue weighted by molar-refractivity contribution is 6.34. The number of ketones is 1. The second-order valence-electron chi connectivity index (χ2n) is 7.69. The van der Waals surface area contributed by atoms with E-state index in [0.29, 0.717) is 27.9 Å². The Morgan fingerprint density at radius 1 is 1.03 bits per heavy atom. The van der Waals surface area contributed by atoms with Gasteiger partial charge in [0.05, 0.1) is 16.8 Å². The molecule has 150 valence electrons. The number of carbonyl (C=O) groups excluding carboxylic acids is 3. The number of benzene rings is 2. The number of anilines is 1. The monoisotopic (exact) mass is 403 g/mol. The number of rotatable bonds is 5. The Kier molecular flexibility index (Phi) is 4.13. The lowest BCUT2D eigenvalue weighted by molar-refractivity contribution is -0.120. The average Bonchev–Trinajstić information content (AvgIpc) is 3.51. The molecule has 2 amide bonds. The molecule has 3 aromatic rings. The van der Waals surface area contributed by atoms with Gasteiger partial charge < -0.3 is 0 Å². The van der Waals surface area contributed by atoms with Crippen LogP contribution in [0.2, 0.25) is 0 Å². The van der Waals surface area contributed by atoms with E-state index < -0.39 is 11.8 Å². The van der Waals surface area contributed by atoms with Crippen molar-refractivity contribution in [2.24, 2.45) is 5.92 Å². The van der Waals surface area contributed by atoms with Crippen LogP contribution < -0.4 is 4.90 Å². The highest BCUT2D eigenvalue weighted by atomic mass is 19.1. The number of halogens is 1. The zero-order valence-corrected chi connectivity index (χ0v) is 16.3. The van der Waals surface area contributed by atoms with E-state index in [1.54, 1.807) is 43.3 Å². The van der Waals surface area contributed by atoms with E-state index in [9.17, 15) is 18.8 Å². The van der Waals surface area contributed by atoms with Crippen LogP contribution in [0, 0.1) is 18.7 Å². The number of fused-ring (bicyclic) bond motifs is 1. The van der Waals surface area contributed by atoms with E-state index in [2.05, 4.69) is 5.10 Å². The van der Waals surface area contributed by atoms with Gasteiger partial charge in [-0.2, -0.15) is 5.10 Å². The van der Waals surface area contributed by atoms with Gasteiger partial charge in [-0.05, 0) is 56.2 Å². The fourth-order valence-corrected chi connectivity index (χ4v) is 3.88. The number of nitrogens with zero attached hydrogens (tertiary/aromatic N) is 3. The first-order valence-electron chi connectivity index (χ1n) is 9.79. The summed E-state index contributed by atoms with van der Waals surface area (Å²) in [6.07, 6.45) is 1.71. The third-order valence-corrected chi connectivity index (χ3v) is 5.62. The molecule has 0 spiro atoms. The predicted octanol–water partition coefficient (Wildman–Crippen LogP) is 3.78. The molecule has 2 aliphatic rings. The summed E-state index contributed by atoms with van der Waals surface area (Å²) in [7, 11) is 0. The first kappa shape index (κ1) is 18.4. The van der Waals surface area contributed by atoms with Crippen molar-refractivity contribution in [1.82, 2.24) is 9.78 Å². The number of carbonyl (C=O) groups is 3. The molecular weight excluding hydrogens is 385 g/mol. The molecule has 0 bridgehead atoms. The van der Waals surface area contributed by atoms with E-state index in [-0.39, 0.29) is 29.9 Å². The van der Waals surface area contributed by atoms with Gasteiger partial charge in [-0.3, -0.25) is 14.4 Å². The summed E-state index contributed by atoms with van der Waals surface area (Å²) in [5, 5.41) is 4.56. The summed E-state index contributed by atoms with van der Waals surface area (Å²) in [5.74, 6) is -0.927. The van der Waals surface area contributed by atoms with Crippen molar-refractivity contribution in [3.63, 3.8) is 0 Å². The highest BCUT2D eigenvalue weighted by Crippen LogP contribution is 2.37. The fraction of sp³-hybridized carbons (Fsp3) is 0.217. The zero-order chi connectivity index (χ0) is 21.0. The molecule has 30 heavy (non-hydrogen) atoms. The fourth-order valence-electron chi connectivity index (χ4n) is 3.88. The third kappa shape index (κ3) is 2.85. The standard InChI is InChI=1S/C23H18FN3O3/c1-13-20(15-8-10-16(24)11-9-15)25-26(12-19(28)14-6-7-14)21(13)27-22(29)17-4-2-3-5-18(17)23(27)30/h2-5,8-11,14H,6-7,12H2,1H3. The van der Waals surface area contributed by atoms with Crippen molar-refractivity contribution in [1.29, 1.82) is 0 Å². The first-order chi connectivity index (χ1) is 14.5. The molecule has 0 radical (unpaired) electrons. The second kappa shape index (κ2) is 6.73. The maximum Gasteiger partial charge on any atom is 0.267 e.